The van der Waals surface area contributed by atoms with E-state index < -0.39 is 11.6 Å². The van der Waals surface area contributed by atoms with Gasteiger partial charge in [0.1, 0.15) is 5.56 Å². The SMILES string of the molecule is Cn1c(O)c(C2NCCc3c2[nH]c2ccc(Cl)cc32)c(=O)[nH]c1=S. The highest BCUT2D eigenvalue weighted by Gasteiger charge is 2.30. The summed E-state index contributed by atoms with van der Waals surface area (Å²) >= 11 is 11.2. The van der Waals surface area contributed by atoms with Crippen molar-refractivity contribution in [1.29, 1.82) is 0 Å². The molecule has 8 heteroatoms. The Balaban J connectivity index is 1.99. The molecule has 0 bridgehead atoms. The van der Waals surface area contributed by atoms with E-state index in [2.05, 4.69) is 15.3 Å². The van der Waals surface area contributed by atoms with Crippen LogP contribution in [-0.2, 0) is 13.5 Å². The van der Waals surface area contributed by atoms with Crippen molar-refractivity contribution in [3.05, 3.63) is 55.2 Å². The van der Waals surface area contributed by atoms with Crippen LogP contribution in [0, 0.1) is 4.77 Å². The molecule has 1 aliphatic rings. The molecule has 24 heavy (non-hydrogen) atoms. The van der Waals surface area contributed by atoms with Gasteiger partial charge in [-0.1, -0.05) is 11.6 Å². The number of nitrogens with zero attached hydrogens (tertiary/aromatic N) is 1. The summed E-state index contributed by atoms with van der Waals surface area (Å²) in [5, 5.41) is 15.5. The molecule has 3 heterocycles. The number of rotatable bonds is 1. The summed E-state index contributed by atoms with van der Waals surface area (Å²) in [6, 6.07) is 5.23. The predicted molar refractivity (Wildman–Crippen MR) is 95.4 cm³/mol. The third kappa shape index (κ3) is 2.20. The van der Waals surface area contributed by atoms with Crippen LogP contribution in [0.4, 0.5) is 0 Å². The highest BCUT2D eigenvalue weighted by atomic mass is 35.5. The van der Waals surface area contributed by atoms with Crippen LogP contribution in [0.15, 0.2) is 23.0 Å². The molecular formula is C16H15ClN4O2S. The van der Waals surface area contributed by atoms with Gasteiger partial charge in [0.15, 0.2) is 4.77 Å². The molecule has 2 aromatic heterocycles. The van der Waals surface area contributed by atoms with Gasteiger partial charge >= 0.3 is 0 Å². The molecule has 1 aliphatic heterocycles. The fourth-order valence-corrected chi connectivity index (χ4v) is 3.68. The second-order valence-corrected chi connectivity index (χ2v) is 6.72. The van der Waals surface area contributed by atoms with Crippen LogP contribution in [-0.4, -0.2) is 26.2 Å². The molecular weight excluding hydrogens is 348 g/mol. The molecule has 0 aliphatic carbocycles. The third-order valence-electron chi connectivity index (χ3n) is 4.53. The zero-order valence-corrected chi connectivity index (χ0v) is 14.4. The number of aromatic amines is 2. The molecule has 0 fully saturated rings. The minimum absolute atomic E-state index is 0.134. The number of aromatic hydroxyl groups is 1. The maximum absolute atomic E-state index is 12.4. The first-order chi connectivity index (χ1) is 11.5. The van der Waals surface area contributed by atoms with Gasteiger partial charge in [-0.2, -0.15) is 0 Å². The summed E-state index contributed by atoms with van der Waals surface area (Å²) in [5.41, 5.74) is 2.80. The zero-order chi connectivity index (χ0) is 17.0. The molecule has 1 atom stereocenters. The van der Waals surface area contributed by atoms with Gasteiger partial charge in [0.05, 0.1) is 6.04 Å². The highest BCUT2D eigenvalue weighted by Crippen LogP contribution is 2.35. The van der Waals surface area contributed by atoms with Crippen LogP contribution in [0.3, 0.4) is 0 Å². The smallest absolute Gasteiger partial charge is 0.260 e. The molecule has 1 aromatic carbocycles. The van der Waals surface area contributed by atoms with Crippen molar-refractivity contribution < 1.29 is 5.11 Å². The molecule has 0 saturated heterocycles. The van der Waals surface area contributed by atoms with E-state index in [1.54, 1.807) is 7.05 Å². The molecule has 3 aromatic rings. The molecule has 4 N–H and O–H groups in total. The van der Waals surface area contributed by atoms with Crippen molar-refractivity contribution in [3.8, 4) is 5.88 Å². The first kappa shape index (κ1) is 15.4. The quantitative estimate of drug-likeness (QED) is 0.501. The lowest BCUT2D eigenvalue weighted by Gasteiger charge is -2.25. The van der Waals surface area contributed by atoms with Crippen LogP contribution >= 0.6 is 23.8 Å². The highest BCUT2D eigenvalue weighted by molar-refractivity contribution is 7.71. The Bertz CT molecular complexity index is 1080. The lowest BCUT2D eigenvalue weighted by Crippen LogP contribution is -2.35. The number of hydrogen-bond donors (Lipinski definition) is 4. The van der Waals surface area contributed by atoms with E-state index in [0.29, 0.717) is 11.6 Å². The number of halogens is 1. The fraction of sp³-hybridized carbons (Fsp3) is 0.250. The van der Waals surface area contributed by atoms with Crippen molar-refractivity contribution in [2.45, 2.75) is 12.5 Å². The average molecular weight is 363 g/mol. The van der Waals surface area contributed by atoms with Crippen LogP contribution < -0.4 is 10.9 Å². The molecule has 0 radical (unpaired) electrons. The van der Waals surface area contributed by atoms with Gasteiger partial charge in [0, 0.05) is 35.2 Å². The van der Waals surface area contributed by atoms with Crippen molar-refractivity contribution >= 4 is 34.7 Å². The standard InChI is InChI=1S/C16H15ClN4O2S/c1-21-15(23)11(14(22)20-16(21)24)13-12-8(4-5-18-13)9-6-7(17)2-3-10(9)19-12/h2-3,6,13,18-19,23H,4-5H2,1H3,(H,20,22,24). The predicted octanol–water partition coefficient (Wildman–Crippen LogP) is 2.52. The molecule has 4 rings (SSSR count). The number of fused-ring (bicyclic) bond motifs is 3. The van der Waals surface area contributed by atoms with Gasteiger partial charge in [0.25, 0.3) is 5.56 Å². The van der Waals surface area contributed by atoms with E-state index in [4.69, 9.17) is 23.8 Å². The summed E-state index contributed by atoms with van der Waals surface area (Å²) in [6.07, 6.45) is 0.816. The second-order valence-electron chi connectivity index (χ2n) is 5.90. The Labute approximate surface area is 147 Å². The molecule has 124 valence electrons. The van der Waals surface area contributed by atoms with Gasteiger partial charge in [-0.05, 0) is 42.4 Å². The van der Waals surface area contributed by atoms with Gasteiger partial charge in [0.2, 0.25) is 5.88 Å². The van der Waals surface area contributed by atoms with E-state index in [1.165, 1.54) is 4.57 Å². The summed E-state index contributed by atoms with van der Waals surface area (Å²) in [7, 11) is 1.62. The topological polar surface area (TPSA) is 85.8 Å². The van der Waals surface area contributed by atoms with Crippen molar-refractivity contribution in [1.82, 2.24) is 19.9 Å². The summed E-state index contributed by atoms with van der Waals surface area (Å²) in [4.78, 5) is 18.4. The monoisotopic (exact) mass is 362 g/mol. The second kappa shape index (κ2) is 5.47. The van der Waals surface area contributed by atoms with Crippen LogP contribution in [0.25, 0.3) is 10.9 Å². The number of nitrogens with one attached hydrogen (secondary N) is 3. The Morgan fingerprint density at radius 1 is 1.38 bits per heavy atom. The van der Waals surface area contributed by atoms with Crippen LogP contribution in [0.2, 0.25) is 5.02 Å². The van der Waals surface area contributed by atoms with Crippen LogP contribution in [0.1, 0.15) is 22.9 Å². The lowest BCUT2D eigenvalue weighted by atomic mass is 9.95. The maximum Gasteiger partial charge on any atom is 0.260 e. The molecule has 0 amide bonds. The summed E-state index contributed by atoms with van der Waals surface area (Å²) in [5.74, 6) is -0.134. The summed E-state index contributed by atoms with van der Waals surface area (Å²) < 4.78 is 1.57. The Morgan fingerprint density at radius 2 is 2.17 bits per heavy atom. The maximum atomic E-state index is 12.4. The number of aromatic nitrogens is 3. The van der Waals surface area contributed by atoms with E-state index >= 15 is 0 Å². The van der Waals surface area contributed by atoms with Crippen molar-refractivity contribution in [2.24, 2.45) is 7.05 Å². The number of benzene rings is 1. The number of hydrogen-bond acceptors (Lipinski definition) is 4. The Morgan fingerprint density at radius 3 is 2.96 bits per heavy atom. The van der Waals surface area contributed by atoms with E-state index in [9.17, 15) is 9.90 Å². The zero-order valence-electron chi connectivity index (χ0n) is 12.8. The number of H-pyrrole nitrogens is 2. The van der Waals surface area contributed by atoms with E-state index in [1.807, 2.05) is 18.2 Å². The first-order valence-electron chi connectivity index (χ1n) is 7.53. The minimum Gasteiger partial charge on any atom is -0.494 e. The van der Waals surface area contributed by atoms with Gasteiger partial charge in [-0.3, -0.25) is 14.3 Å². The van der Waals surface area contributed by atoms with E-state index in [-0.39, 0.29) is 16.2 Å². The Hall–Kier alpha value is -2.09. The summed E-state index contributed by atoms with van der Waals surface area (Å²) in [6.45, 7) is 0.690. The van der Waals surface area contributed by atoms with Crippen molar-refractivity contribution in [3.63, 3.8) is 0 Å². The van der Waals surface area contributed by atoms with Gasteiger partial charge in [-0.25, -0.2) is 0 Å². The Kier molecular flexibility index (Phi) is 3.52. The van der Waals surface area contributed by atoms with Crippen molar-refractivity contribution in [2.75, 3.05) is 6.54 Å². The third-order valence-corrected chi connectivity index (χ3v) is 5.14. The normalized spacial score (nSPS) is 17.2. The molecule has 0 spiro atoms. The van der Waals surface area contributed by atoms with Gasteiger partial charge < -0.3 is 15.4 Å². The minimum atomic E-state index is -0.439. The largest absolute Gasteiger partial charge is 0.494 e. The molecule has 1 unspecified atom stereocenters. The van der Waals surface area contributed by atoms with Gasteiger partial charge in [-0.15, -0.1) is 0 Å². The van der Waals surface area contributed by atoms with E-state index in [0.717, 1.165) is 28.6 Å². The average Bonchev–Trinajstić information content (AvgIpc) is 2.92. The molecule has 6 nitrogen and oxygen atoms in total. The van der Waals surface area contributed by atoms with Crippen LogP contribution in [0.5, 0.6) is 5.88 Å². The first-order valence-corrected chi connectivity index (χ1v) is 8.31. The fourth-order valence-electron chi connectivity index (χ4n) is 3.33. The molecule has 0 saturated carbocycles. The lowest BCUT2D eigenvalue weighted by molar-refractivity contribution is 0.401.